The number of rotatable bonds is 6. The minimum absolute atomic E-state index is 0.0320. The fraction of sp³-hybridized carbons (Fsp3) is 0.520. The number of nitrogens with zero attached hydrogens (tertiary/aromatic N) is 4. The second-order valence-electron chi connectivity index (χ2n) is 9.74. The minimum atomic E-state index is -0.676. The van der Waals surface area contributed by atoms with Crippen LogP contribution in [0, 0.1) is 5.82 Å². The topological polar surface area (TPSA) is 99.7 Å². The lowest BCUT2D eigenvalue weighted by Gasteiger charge is -2.32. The van der Waals surface area contributed by atoms with Gasteiger partial charge >= 0.3 is 6.03 Å². The zero-order valence-electron chi connectivity index (χ0n) is 21.4. The molecule has 1 aromatic carbocycles. The Morgan fingerprint density at radius 1 is 1.33 bits per heavy atom. The summed E-state index contributed by atoms with van der Waals surface area (Å²) in [6.07, 6.45) is 3.95. The Bertz CT molecular complexity index is 1160. The number of likely N-dealkylation sites (N-methyl/N-ethyl adjacent to an activating group) is 1. The van der Waals surface area contributed by atoms with Gasteiger partial charge in [-0.05, 0) is 65.6 Å². The van der Waals surface area contributed by atoms with Crippen molar-refractivity contribution < 1.29 is 18.7 Å². The van der Waals surface area contributed by atoms with Gasteiger partial charge in [0.25, 0.3) is 5.91 Å². The molecule has 36 heavy (non-hydrogen) atoms. The number of aromatic nitrogens is 2. The number of halogens is 1. The van der Waals surface area contributed by atoms with Crippen molar-refractivity contribution in [2.24, 2.45) is 0 Å². The largest absolute Gasteiger partial charge is 0.469 e. The highest BCUT2D eigenvalue weighted by Gasteiger charge is 2.39. The van der Waals surface area contributed by atoms with Crippen LogP contribution in [0.1, 0.15) is 44.0 Å². The number of fused-ring (bicyclic) bond motifs is 1. The van der Waals surface area contributed by atoms with E-state index >= 15 is 4.39 Å². The van der Waals surface area contributed by atoms with Crippen LogP contribution < -0.4 is 15.4 Å². The molecule has 11 heteroatoms. The summed E-state index contributed by atoms with van der Waals surface area (Å²) >= 11 is 1.31. The Labute approximate surface area is 215 Å². The van der Waals surface area contributed by atoms with Crippen LogP contribution in [0.5, 0.6) is 5.88 Å². The van der Waals surface area contributed by atoms with Crippen molar-refractivity contribution in [2.75, 3.05) is 44.8 Å². The number of carbonyl (C=O) groups excluding carboxylic acids is 2. The summed E-state index contributed by atoms with van der Waals surface area (Å²) in [5.74, 6) is -0.668. The molecule has 1 saturated heterocycles. The van der Waals surface area contributed by atoms with Crippen molar-refractivity contribution in [3.05, 3.63) is 29.6 Å². The van der Waals surface area contributed by atoms with E-state index in [9.17, 15) is 9.59 Å². The van der Waals surface area contributed by atoms with Gasteiger partial charge in [0, 0.05) is 24.7 Å². The first-order valence-corrected chi connectivity index (χ1v) is 13.3. The fourth-order valence-electron chi connectivity index (χ4n) is 4.67. The third-order valence-corrected chi connectivity index (χ3v) is 6.96. The van der Waals surface area contributed by atoms with E-state index in [0.717, 1.165) is 19.4 Å². The number of anilines is 1. The van der Waals surface area contributed by atoms with Gasteiger partial charge in [-0.1, -0.05) is 17.8 Å². The number of amides is 3. The van der Waals surface area contributed by atoms with Gasteiger partial charge in [-0.3, -0.25) is 4.79 Å². The van der Waals surface area contributed by atoms with Gasteiger partial charge in [0.05, 0.1) is 17.9 Å². The second-order valence-corrected chi connectivity index (χ2v) is 10.5. The zero-order chi connectivity index (χ0) is 26.0. The van der Waals surface area contributed by atoms with Gasteiger partial charge in [-0.2, -0.15) is 4.98 Å². The molecule has 9 nitrogen and oxygen atoms in total. The number of ether oxygens (including phenoxy) is 1. The SMILES string of the molecule is CCNC(=O)Nc1ccc(-c2nc(SC)nc3c2C(=O)N(C[C@@H]2CCCN2C)CC(C)(C)O3)cc1F. The van der Waals surface area contributed by atoms with Crippen molar-refractivity contribution >= 4 is 29.4 Å². The molecule has 194 valence electrons. The van der Waals surface area contributed by atoms with Crippen LogP contribution in [0.2, 0.25) is 0 Å². The molecule has 2 aliphatic heterocycles. The summed E-state index contributed by atoms with van der Waals surface area (Å²) in [5.41, 5.74) is 0.288. The quantitative estimate of drug-likeness (QED) is 0.444. The van der Waals surface area contributed by atoms with Crippen LogP contribution in [0.15, 0.2) is 23.4 Å². The molecule has 2 aliphatic rings. The molecule has 4 rings (SSSR count). The van der Waals surface area contributed by atoms with Gasteiger partial charge < -0.3 is 25.2 Å². The smallest absolute Gasteiger partial charge is 0.319 e. The second kappa shape index (κ2) is 10.6. The fourth-order valence-corrected chi connectivity index (χ4v) is 5.03. The first kappa shape index (κ1) is 26.2. The lowest BCUT2D eigenvalue weighted by Crippen LogP contribution is -2.47. The number of likely N-dealkylation sites (tertiary alicyclic amines) is 1. The summed E-state index contributed by atoms with van der Waals surface area (Å²) < 4.78 is 21.3. The predicted molar refractivity (Wildman–Crippen MR) is 138 cm³/mol. The molecule has 1 fully saturated rings. The predicted octanol–water partition coefficient (Wildman–Crippen LogP) is 3.85. The van der Waals surface area contributed by atoms with E-state index in [-0.39, 0.29) is 29.1 Å². The molecular weight excluding hydrogens is 483 g/mol. The molecule has 0 saturated carbocycles. The molecule has 2 aromatic rings. The summed E-state index contributed by atoms with van der Waals surface area (Å²) in [4.78, 5) is 39.0. The normalized spacial score (nSPS) is 19.4. The van der Waals surface area contributed by atoms with Crippen molar-refractivity contribution in [3.8, 4) is 17.1 Å². The molecule has 1 atom stereocenters. The number of urea groups is 1. The maximum Gasteiger partial charge on any atom is 0.319 e. The Morgan fingerprint density at radius 3 is 2.75 bits per heavy atom. The molecule has 0 aliphatic carbocycles. The zero-order valence-corrected chi connectivity index (χ0v) is 22.2. The highest BCUT2D eigenvalue weighted by Crippen LogP contribution is 2.37. The first-order valence-electron chi connectivity index (χ1n) is 12.1. The highest BCUT2D eigenvalue weighted by molar-refractivity contribution is 7.98. The van der Waals surface area contributed by atoms with Crippen LogP contribution in [0.25, 0.3) is 11.3 Å². The van der Waals surface area contributed by atoms with Crippen LogP contribution in [0.4, 0.5) is 14.9 Å². The van der Waals surface area contributed by atoms with Gasteiger partial charge in [-0.25, -0.2) is 14.2 Å². The molecule has 3 amide bonds. The van der Waals surface area contributed by atoms with E-state index in [1.807, 2.05) is 25.0 Å². The molecule has 2 N–H and O–H groups in total. The van der Waals surface area contributed by atoms with Crippen molar-refractivity contribution in [1.29, 1.82) is 0 Å². The van der Waals surface area contributed by atoms with E-state index in [2.05, 4.69) is 32.5 Å². The highest BCUT2D eigenvalue weighted by atomic mass is 32.2. The van der Waals surface area contributed by atoms with Crippen LogP contribution in [0.3, 0.4) is 0 Å². The van der Waals surface area contributed by atoms with E-state index in [0.29, 0.717) is 36.0 Å². The monoisotopic (exact) mass is 516 g/mol. The molecule has 0 unspecified atom stereocenters. The van der Waals surface area contributed by atoms with E-state index in [1.54, 1.807) is 13.0 Å². The number of hydrogen-bond acceptors (Lipinski definition) is 7. The Hall–Kier alpha value is -2.92. The Morgan fingerprint density at radius 2 is 2.11 bits per heavy atom. The lowest BCUT2D eigenvalue weighted by molar-refractivity contribution is 0.0466. The molecule has 0 radical (unpaired) electrons. The maximum atomic E-state index is 15.0. The third-order valence-electron chi connectivity index (χ3n) is 6.41. The number of carbonyl (C=O) groups is 2. The average Bonchev–Trinajstić information content (AvgIpc) is 3.18. The summed E-state index contributed by atoms with van der Waals surface area (Å²) in [7, 11) is 2.08. The van der Waals surface area contributed by atoms with Crippen molar-refractivity contribution in [3.63, 3.8) is 0 Å². The van der Waals surface area contributed by atoms with Crippen molar-refractivity contribution in [2.45, 2.75) is 50.4 Å². The molecule has 0 spiro atoms. The Kier molecular flexibility index (Phi) is 7.70. The van der Waals surface area contributed by atoms with Gasteiger partial charge in [0.2, 0.25) is 5.88 Å². The van der Waals surface area contributed by atoms with Crippen LogP contribution in [-0.2, 0) is 0 Å². The maximum absolute atomic E-state index is 15.0. The molecular formula is C25H33FN6O3S. The van der Waals surface area contributed by atoms with Gasteiger partial charge in [-0.15, -0.1) is 0 Å². The third kappa shape index (κ3) is 5.57. The number of benzene rings is 1. The minimum Gasteiger partial charge on any atom is -0.469 e. The Balaban J connectivity index is 1.77. The van der Waals surface area contributed by atoms with Crippen LogP contribution >= 0.6 is 11.8 Å². The molecule has 0 bridgehead atoms. The number of thioether (sulfide) groups is 1. The number of hydrogen-bond donors (Lipinski definition) is 2. The summed E-state index contributed by atoms with van der Waals surface area (Å²) in [5, 5.41) is 5.48. The first-order chi connectivity index (χ1) is 17.1. The average molecular weight is 517 g/mol. The van der Waals surface area contributed by atoms with Crippen molar-refractivity contribution in [1.82, 2.24) is 25.1 Å². The summed E-state index contributed by atoms with van der Waals surface area (Å²) in [6, 6.07) is 4.13. The molecule has 1 aromatic heterocycles. The van der Waals surface area contributed by atoms with Crippen LogP contribution in [-0.4, -0.2) is 82.8 Å². The standard InChI is InChI=1S/C25H33FN6O3S/c1-6-27-23(34)28-18-10-9-15(12-17(18)26)20-19-21(30-24(29-20)36-5)35-25(2,3)14-32(22(19)33)13-16-8-7-11-31(16)4/h9-10,12,16H,6-8,11,13-14H2,1-5H3,(H2,27,28,34)/t16-/m0/s1. The van der Waals surface area contributed by atoms with E-state index in [1.165, 1.54) is 23.9 Å². The van der Waals surface area contributed by atoms with Gasteiger partial charge in [0.15, 0.2) is 5.16 Å². The summed E-state index contributed by atoms with van der Waals surface area (Å²) in [6.45, 7) is 8.02. The van der Waals surface area contributed by atoms with E-state index in [4.69, 9.17) is 4.74 Å². The van der Waals surface area contributed by atoms with Gasteiger partial charge in [0.1, 0.15) is 17.0 Å². The lowest BCUT2D eigenvalue weighted by atomic mass is 10.0. The number of nitrogens with one attached hydrogen (secondary N) is 2. The van der Waals surface area contributed by atoms with E-state index < -0.39 is 17.4 Å². The molecule has 3 heterocycles.